The molecule has 1 aliphatic heterocycles. The minimum atomic E-state index is -4.41. The monoisotopic (exact) mass is 489 g/mol. The maximum atomic E-state index is 13.3. The molecule has 5 nitrogen and oxygen atoms in total. The molecule has 0 spiro atoms. The SMILES string of the molecule is O=C(CSc1ncc(-c2ccccc2)n1CC(F)(F)F)NCC1(c2ccccc2)CCOCC1. The summed E-state index contributed by atoms with van der Waals surface area (Å²) in [6.45, 7) is 0.525. The minimum Gasteiger partial charge on any atom is -0.381 e. The zero-order valence-electron chi connectivity index (χ0n) is 18.6. The van der Waals surface area contributed by atoms with Gasteiger partial charge in [-0.15, -0.1) is 0 Å². The fourth-order valence-corrected chi connectivity index (χ4v) is 5.02. The number of hydrogen-bond donors (Lipinski definition) is 1. The third-order valence-electron chi connectivity index (χ3n) is 6.02. The van der Waals surface area contributed by atoms with Crippen LogP contribution in [0.15, 0.2) is 72.0 Å². The highest BCUT2D eigenvalue weighted by Gasteiger charge is 2.35. The first-order chi connectivity index (χ1) is 16.4. The Labute approximate surface area is 200 Å². The van der Waals surface area contributed by atoms with Crippen molar-refractivity contribution < 1.29 is 22.7 Å². The first-order valence-corrected chi connectivity index (χ1v) is 12.1. The number of nitrogens with zero attached hydrogens (tertiary/aromatic N) is 2. The molecule has 3 aromatic rings. The molecule has 9 heteroatoms. The Morgan fingerprint density at radius 3 is 2.35 bits per heavy atom. The quantitative estimate of drug-likeness (QED) is 0.449. The fourth-order valence-electron chi connectivity index (χ4n) is 4.22. The number of hydrogen-bond acceptors (Lipinski definition) is 4. The first-order valence-electron chi connectivity index (χ1n) is 11.1. The smallest absolute Gasteiger partial charge is 0.381 e. The molecular weight excluding hydrogens is 463 g/mol. The zero-order valence-corrected chi connectivity index (χ0v) is 19.4. The van der Waals surface area contributed by atoms with Gasteiger partial charge in [-0.1, -0.05) is 72.4 Å². The lowest BCUT2D eigenvalue weighted by Crippen LogP contribution is -2.45. The van der Waals surface area contributed by atoms with Crippen molar-refractivity contribution in [3.8, 4) is 11.3 Å². The van der Waals surface area contributed by atoms with E-state index in [0.717, 1.165) is 34.7 Å². The highest BCUT2D eigenvalue weighted by molar-refractivity contribution is 7.99. The number of rotatable bonds is 8. The van der Waals surface area contributed by atoms with Gasteiger partial charge in [-0.05, 0) is 24.0 Å². The average Bonchev–Trinajstić information content (AvgIpc) is 3.24. The third kappa shape index (κ3) is 6.01. The second-order valence-electron chi connectivity index (χ2n) is 8.32. The number of ether oxygens (including phenoxy) is 1. The number of benzene rings is 2. The molecular formula is C25H26F3N3O2S. The molecule has 0 unspecified atom stereocenters. The van der Waals surface area contributed by atoms with Crippen molar-refractivity contribution in [2.75, 3.05) is 25.5 Å². The Morgan fingerprint density at radius 1 is 1.06 bits per heavy atom. The number of amides is 1. The zero-order chi connectivity index (χ0) is 24.0. The van der Waals surface area contributed by atoms with Gasteiger partial charge in [0.15, 0.2) is 5.16 Å². The standard InChI is InChI=1S/C25H26F3N3O2S/c26-25(27,28)18-31-21(19-7-3-1-4-8-19)15-29-23(31)34-16-22(32)30-17-24(11-13-33-14-12-24)20-9-5-2-6-10-20/h1-10,15H,11-14,16-18H2,(H,30,32). The van der Waals surface area contributed by atoms with Crippen molar-refractivity contribution in [3.63, 3.8) is 0 Å². The van der Waals surface area contributed by atoms with Crippen LogP contribution < -0.4 is 5.32 Å². The molecule has 34 heavy (non-hydrogen) atoms. The van der Waals surface area contributed by atoms with E-state index in [4.69, 9.17) is 4.74 Å². The van der Waals surface area contributed by atoms with Gasteiger partial charge in [0, 0.05) is 25.2 Å². The summed E-state index contributed by atoms with van der Waals surface area (Å²) in [5.41, 5.74) is 1.94. The molecule has 1 amide bonds. The summed E-state index contributed by atoms with van der Waals surface area (Å²) in [7, 11) is 0. The van der Waals surface area contributed by atoms with Crippen molar-refractivity contribution in [1.29, 1.82) is 0 Å². The van der Waals surface area contributed by atoms with E-state index in [1.54, 1.807) is 30.3 Å². The highest BCUT2D eigenvalue weighted by Crippen LogP contribution is 2.34. The Hall–Kier alpha value is -2.78. The van der Waals surface area contributed by atoms with Crippen LogP contribution in [0.25, 0.3) is 11.3 Å². The summed E-state index contributed by atoms with van der Waals surface area (Å²) < 4.78 is 46.5. The Kier molecular flexibility index (Phi) is 7.63. The summed E-state index contributed by atoms with van der Waals surface area (Å²) in [4.78, 5) is 16.9. The summed E-state index contributed by atoms with van der Waals surface area (Å²) in [6.07, 6.45) is -1.40. The number of thioether (sulfide) groups is 1. The molecule has 4 rings (SSSR count). The summed E-state index contributed by atoms with van der Waals surface area (Å²) in [5.74, 6) is -0.264. The summed E-state index contributed by atoms with van der Waals surface area (Å²) in [5, 5.41) is 3.16. The molecule has 0 atom stereocenters. The molecule has 2 aromatic carbocycles. The van der Waals surface area contributed by atoms with Crippen LogP contribution in [0.2, 0.25) is 0 Å². The second-order valence-corrected chi connectivity index (χ2v) is 9.26. The van der Waals surface area contributed by atoms with Crippen LogP contribution in [0.3, 0.4) is 0 Å². The van der Waals surface area contributed by atoms with Crippen molar-refractivity contribution in [3.05, 3.63) is 72.4 Å². The normalized spacial score (nSPS) is 15.7. The molecule has 2 heterocycles. The molecule has 1 fully saturated rings. The van der Waals surface area contributed by atoms with Crippen LogP contribution in [-0.2, 0) is 21.5 Å². The number of aromatic nitrogens is 2. The third-order valence-corrected chi connectivity index (χ3v) is 7.01. The number of halogens is 3. The van der Waals surface area contributed by atoms with Gasteiger partial charge >= 0.3 is 6.18 Å². The fraction of sp³-hybridized carbons (Fsp3) is 0.360. The number of alkyl halides is 3. The Morgan fingerprint density at radius 2 is 1.71 bits per heavy atom. The van der Waals surface area contributed by atoms with E-state index >= 15 is 0 Å². The van der Waals surface area contributed by atoms with Crippen LogP contribution in [0.4, 0.5) is 13.2 Å². The molecule has 180 valence electrons. The lowest BCUT2D eigenvalue weighted by Gasteiger charge is -2.38. The van der Waals surface area contributed by atoms with Gasteiger partial charge < -0.3 is 14.6 Å². The van der Waals surface area contributed by atoms with Crippen molar-refractivity contribution in [1.82, 2.24) is 14.9 Å². The first kappa shape index (κ1) is 24.3. The summed E-state index contributed by atoms with van der Waals surface area (Å²) >= 11 is 1.01. The van der Waals surface area contributed by atoms with Crippen LogP contribution in [0.1, 0.15) is 18.4 Å². The van der Waals surface area contributed by atoms with Crippen LogP contribution in [-0.4, -0.2) is 47.1 Å². The van der Waals surface area contributed by atoms with Gasteiger partial charge in [0.2, 0.25) is 5.91 Å². The molecule has 1 saturated heterocycles. The number of nitrogens with one attached hydrogen (secondary N) is 1. The molecule has 0 saturated carbocycles. The Bertz CT molecular complexity index is 1080. The van der Waals surface area contributed by atoms with E-state index in [1.165, 1.54) is 6.20 Å². The molecule has 1 aromatic heterocycles. The average molecular weight is 490 g/mol. The van der Waals surface area contributed by atoms with E-state index < -0.39 is 12.7 Å². The van der Waals surface area contributed by atoms with Gasteiger partial charge in [-0.2, -0.15) is 13.2 Å². The number of carbonyl (C=O) groups is 1. The van der Waals surface area contributed by atoms with Gasteiger partial charge in [0.05, 0.1) is 17.6 Å². The predicted molar refractivity (Wildman–Crippen MR) is 126 cm³/mol. The number of imidazole rings is 1. The van der Waals surface area contributed by atoms with Gasteiger partial charge in [-0.25, -0.2) is 4.98 Å². The van der Waals surface area contributed by atoms with Crippen molar-refractivity contribution in [2.24, 2.45) is 0 Å². The van der Waals surface area contributed by atoms with Crippen molar-refractivity contribution >= 4 is 17.7 Å². The largest absolute Gasteiger partial charge is 0.406 e. The van der Waals surface area contributed by atoms with Crippen molar-refractivity contribution in [2.45, 2.75) is 36.1 Å². The Balaban J connectivity index is 1.44. The molecule has 0 radical (unpaired) electrons. The van der Waals surface area contributed by atoms with E-state index in [2.05, 4.69) is 22.4 Å². The van der Waals surface area contributed by atoms with Crippen LogP contribution in [0, 0.1) is 0 Å². The lowest BCUT2D eigenvalue weighted by atomic mass is 9.74. The van der Waals surface area contributed by atoms with E-state index in [0.29, 0.717) is 31.0 Å². The van der Waals surface area contributed by atoms with Crippen LogP contribution >= 0.6 is 11.8 Å². The maximum absolute atomic E-state index is 13.3. The van der Waals surface area contributed by atoms with Gasteiger partial charge in [0.1, 0.15) is 6.54 Å². The van der Waals surface area contributed by atoms with Crippen LogP contribution in [0.5, 0.6) is 0 Å². The molecule has 0 bridgehead atoms. The molecule has 0 aliphatic carbocycles. The number of carbonyl (C=O) groups excluding carboxylic acids is 1. The summed E-state index contributed by atoms with van der Waals surface area (Å²) in [6, 6.07) is 18.8. The van der Waals surface area contributed by atoms with E-state index in [-0.39, 0.29) is 22.2 Å². The predicted octanol–water partition coefficient (Wildman–Crippen LogP) is 5.07. The lowest BCUT2D eigenvalue weighted by molar-refractivity contribution is -0.141. The van der Waals surface area contributed by atoms with E-state index in [1.807, 2.05) is 18.2 Å². The molecule has 1 aliphatic rings. The molecule has 1 N–H and O–H groups in total. The minimum absolute atomic E-state index is 0.0233. The van der Waals surface area contributed by atoms with Gasteiger partial charge in [0.25, 0.3) is 0 Å². The second kappa shape index (κ2) is 10.7. The maximum Gasteiger partial charge on any atom is 0.406 e. The van der Waals surface area contributed by atoms with Gasteiger partial charge in [-0.3, -0.25) is 4.79 Å². The van der Waals surface area contributed by atoms with E-state index in [9.17, 15) is 18.0 Å². The topological polar surface area (TPSA) is 56.2 Å². The highest BCUT2D eigenvalue weighted by atomic mass is 32.2.